The van der Waals surface area contributed by atoms with Gasteiger partial charge < -0.3 is 9.64 Å². The summed E-state index contributed by atoms with van der Waals surface area (Å²) in [5.74, 6) is -1.26. The molecule has 0 N–H and O–H groups in total. The number of ether oxygens (including phenoxy) is 1. The molecule has 0 aliphatic rings. The number of hydrogen-bond donors (Lipinski definition) is 0. The van der Waals surface area contributed by atoms with Crippen LogP contribution in [0.1, 0.15) is 16.8 Å². The van der Waals surface area contributed by atoms with Crippen LogP contribution >= 0.6 is 0 Å². The Bertz CT molecular complexity index is 479. The molecule has 7 heteroatoms. The Morgan fingerprint density at radius 1 is 1.53 bits per heavy atom. The molecule has 0 fully saturated rings. The van der Waals surface area contributed by atoms with E-state index in [2.05, 4.69) is 0 Å². The highest BCUT2D eigenvalue weighted by atomic mass is 19.1. The van der Waals surface area contributed by atoms with Gasteiger partial charge in [0.15, 0.2) is 0 Å². The van der Waals surface area contributed by atoms with Gasteiger partial charge in [-0.2, -0.15) is 0 Å². The SMILES string of the molecule is COCCCN(C)C(=O)c1cc(F)ccc1[N+](=O)[O-]. The Morgan fingerprint density at radius 3 is 2.79 bits per heavy atom. The summed E-state index contributed by atoms with van der Waals surface area (Å²) in [5, 5.41) is 10.8. The molecule has 0 heterocycles. The molecular formula is C12H15FN2O4. The smallest absolute Gasteiger partial charge is 0.282 e. The van der Waals surface area contributed by atoms with E-state index in [1.807, 2.05) is 0 Å². The summed E-state index contributed by atoms with van der Waals surface area (Å²) in [6.45, 7) is 0.850. The Balaban J connectivity index is 2.91. The fourth-order valence-corrected chi connectivity index (χ4v) is 1.59. The molecule has 1 amide bonds. The summed E-state index contributed by atoms with van der Waals surface area (Å²) in [6, 6.07) is 2.83. The molecule has 1 aromatic rings. The summed E-state index contributed by atoms with van der Waals surface area (Å²) in [6.07, 6.45) is 0.599. The monoisotopic (exact) mass is 270 g/mol. The summed E-state index contributed by atoms with van der Waals surface area (Å²) >= 11 is 0. The van der Waals surface area contributed by atoms with Gasteiger partial charge in [-0.25, -0.2) is 4.39 Å². The third-order valence-electron chi connectivity index (χ3n) is 2.57. The lowest BCUT2D eigenvalue weighted by molar-refractivity contribution is -0.385. The first-order valence-electron chi connectivity index (χ1n) is 5.65. The first kappa shape index (κ1) is 15.0. The summed E-state index contributed by atoms with van der Waals surface area (Å²) < 4.78 is 18.0. The lowest BCUT2D eigenvalue weighted by atomic mass is 10.1. The van der Waals surface area contributed by atoms with E-state index in [1.165, 1.54) is 11.9 Å². The second-order valence-electron chi connectivity index (χ2n) is 3.99. The fraction of sp³-hybridized carbons (Fsp3) is 0.417. The van der Waals surface area contributed by atoms with Crippen molar-refractivity contribution in [2.75, 3.05) is 27.3 Å². The lowest BCUT2D eigenvalue weighted by Crippen LogP contribution is -2.29. The van der Waals surface area contributed by atoms with E-state index in [-0.39, 0.29) is 5.56 Å². The van der Waals surface area contributed by atoms with Gasteiger partial charge in [0.25, 0.3) is 11.6 Å². The van der Waals surface area contributed by atoms with E-state index < -0.39 is 22.3 Å². The Labute approximate surface area is 109 Å². The lowest BCUT2D eigenvalue weighted by Gasteiger charge is -2.16. The predicted octanol–water partition coefficient (Wildman–Crippen LogP) is 1.84. The molecular weight excluding hydrogens is 255 g/mol. The van der Waals surface area contributed by atoms with E-state index in [0.717, 1.165) is 18.2 Å². The van der Waals surface area contributed by atoms with Crippen molar-refractivity contribution in [3.63, 3.8) is 0 Å². The fourth-order valence-electron chi connectivity index (χ4n) is 1.59. The number of carbonyl (C=O) groups is 1. The molecule has 6 nitrogen and oxygen atoms in total. The molecule has 0 radical (unpaired) electrons. The van der Waals surface area contributed by atoms with Crippen LogP contribution in [0.15, 0.2) is 18.2 Å². The summed E-state index contributed by atoms with van der Waals surface area (Å²) in [5.41, 5.74) is -0.644. The maximum atomic E-state index is 13.1. The average Bonchev–Trinajstić information content (AvgIpc) is 2.37. The molecule has 19 heavy (non-hydrogen) atoms. The van der Waals surface area contributed by atoms with Crippen molar-refractivity contribution in [1.29, 1.82) is 0 Å². The summed E-state index contributed by atoms with van der Waals surface area (Å²) in [4.78, 5) is 23.5. The van der Waals surface area contributed by atoms with Gasteiger partial charge in [0.2, 0.25) is 0 Å². The maximum Gasteiger partial charge on any atom is 0.282 e. The normalized spacial score (nSPS) is 10.3. The number of nitro benzene ring substituents is 1. The zero-order chi connectivity index (χ0) is 14.4. The molecule has 0 saturated carbocycles. The zero-order valence-electron chi connectivity index (χ0n) is 10.8. The van der Waals surface area contributed by atoms with Crippen molar-refractivity contribution in [1.82, 2.24) is 4.90 Å². The van der Waals surface area contributed by atoms with Gasteiger partial charge in [-0.3, -0.25) is 14.9 Å². The number of benzene rings is 1. The van der Waals surface area contributed by atoms with E-state index >= 15 is 0 Å². The van der Waals surface area contributed by atoms with Crippen LogP contribution in [0.2, 0.25) is 0 Å². The molecule has 0 bridgehead atoms. The van der Waals surface area contributed by atoms with Crippen LogP contribution in [0.3, 0.4) is 0 Å². The van der Waals surface area contributed by atoms with Crippen molar-refractivity contribution in [3.8, 4) is 0 Å². The van der Waals surface area contributed by atoms with Gasteiger partial charge in [0.05, 0.1) is 4.92 Å². The molecule has 0 aliphatic carbocycles. The van der Waals surface area contributed by atoms with Crippen LogP contribution in [-0.2, 0) is 4.74 Å². The standard InChI is InChI=1S/C12H15FN2O4/c1-14(6-3-7-19-2)12(16)10-8-9(13)4-5-11(10)15(17)18/h4-5,8H,3,6-7H2,1-2H3. The number of hydrogen-bond acceptors (Lipinski definition) is 4. The average molecular weight is 270 g/mol. The molecule has 0 spiro atoms. The first-order chi connectivity index (χ1) is 8.97. The van der Waals surface area contributed by atoms with Gasteiger partial charge in [-0.15, -0.1) is 0 Å². The molecule has 1 aromatic carbocycles. The van der Waals surface area contributed by atoms with Crippen LogP contribution in [-0.4, -0.2) is 43.0 Å². The highest BCUT2D eigenvalue weighted by molar-refractivity contribution is 5.98. The quantitative estimate of drug-likeness (QED) is 0.449. The van der Waals surface area contributed by atoms with Crippen LogP contribution in [0.5, 0.6) is 0 Å². The number of amides is 1. The van der Waals surface area contributed by atoms with Gasteiger partial charge in [-0.1, -0.05) is 0 Å². The molecule has 0 atom stereocenters. The highest BCUT2D eigenvalue weighted by Crippen LogP contribution is 2.21. The van der Waals surface area contributed by atoms with Gasteiger partial charge in [-0.05, 0) is 18.6 Å². The van der Waals surface area contributed by atoms with Crippen molar-refractivity contribution < 1.29 is 18.8 Å². The number of nitro groups is 1. The van der Waals surface area contributed by atoms with Crippen LogP contribution in [0.4, 0.5) is 10.1 Å². The number of carbonyl (C=O) groups excluding carboxylic acids is 1. The molecule has 0 saturated heterocycles. The van der Waals surface area contributed by atoms with Crippen LogP contribution in [0.25, 0.3) is 0 Å². The highest BCUT2D eigenvalue weighted by Gasteiger charge is 2.23. The second kappa shape index (κ2) is 6.79. The third kappa shape index (κ3) is 3.99. The number of methoxy groups -OCH3 is 1. The number of halogens is 1. The molecule has 0 unspecified atom stereocenters. The minimum Gasteiger partial charge on any atom is -0.385 e. The van der Waals surface area contributed by atoms with Crippen molar-refractivity contribution >= 4 is 11.6 Å². The first-order valence-corrected chi connectivity index (χ1v) is 5.65. The molecule has 0 aliphatic heterocycles. The van der Waals surface area contributed by atoms with Crippen LogP contribution < -0.4 is 0 Å². The summed E-state index contributed by atoms with van der Waals surface area (Å²) in [7, 11) is 3.05. The van der Waals surface area contributed by atoms with Gasteiger partial charge in [0, 0.05) is 33.4 Å². The Morgan fingerprint density at radius 2 is 2.21 bits per heavy atom. The molecule has 1 rings (SSSR count). The second-order valence-corrected chi connectivity index (χ2v) is 3.99. The minimum atomic E-state index is -0.699. The number of rotatable bonds is 6. The van der Waals surface area contributed by atoms with E-state index in [4.69, 9.17) is 4.74 Å². The zero-order valence-corrected chi connectivity index (χ0v) is 10.8. The molecule has 0 aromatic heterocycles. The van der Waals surface area contributed by atoms with Crippen molar-refractivity contribution in [2.45, 2.75) is 6.42 Å². The predicted molar refractivity (Wildman–Crippen MR) is 66.5 cm³/mol. The maximum absolute atomic E-state index is 13.1. The topological polar surface area (TPSA) is 72.7 Å². The van der Waals surface area contributed by atoms with Gasteiger partial charge in [0.1, 0.15) is 11.4 Å². The van der Waals surface area contributed by atoms with E-state index in [1.54, 1.807) is 7.11 Å². The largest absolute Gasteiger partial charge is 0.385 e. The third-order valence-corrected chi connectivity index (χ3v) is 2.57. The van der Waals surface area contributed by atoms with Crippen LogP contribution in [0, 0.1) is 15.9 Å². The molecule has 104 valence electrons. The van der Waals surface area contributed by atoms with Gasteiger partial charge >= 0.3 is 0 Å². The minimum absolute atomic E-state index is 0.245. The number of nitrogens with zero attached hydrogens (tertiary/aromatic N) is 2. The van der Waals surface area contributed by atoms with E-state index in [0.29, 0.717) is 19.6 Å². The Kier molecular flexibility index (Phi) is 5.37. The van der Waals surface area contributed by atoms with Crippen molar-refractivity contribution in [3.05, 3.63) is 39.7 Å². The van der Waals surface area contributed by atoms with Crippen molar-refractivity contribution in [2.24, 2.45) is 0 Å². The van der Waals surface area contributed by atoms with E-state index in [9.17, 15) is 19.3 Å². The Hall–Kier alpha value is -2.02.